The van der Waals surface area contributed by atoms with Crippen LogP contribution in [0.25, 0.3) is 0 Å². The van der Waals surface area contributed by atoms with Crippen LogP contribution in [-0.2, 0) is 6.42 Å². The molecule has 1 heterocycles. The average Bonchev–Trinajstić information content (AvgIpc) is 2.84. The molecule has 2 aromatic rings. The van der Waals surface area contributed by atoms with E-state index in [0.717, 1.165) is 5.69 Å². The summed E-state index contributed by atoms with van der Waals surface area (Å²) in [6.07, 6.45) is 1.91. The van der Waals surface area contributed by atoms with Crippen molar-refractivity contribution in [2.45, 2.75) is 6.42 Å². The topological polar surface area (TPSA) is 88.2 Å². The molecule has 0 saturated heterocycles. The monoisotopic (exact) mass is 311 g/mol. The number of anilines is 1. The molecule has 0 atom stereocenters. The first-order valence-corrected chi connectivity index (χ1v) is 5.98. The van der Waals surface area contributed by atoms with E-state index in [0.29, 0.717) is 23.3 Å². The predicted octanol–water partition coefficient (Wildman–Crippen LogP) is 2.18. The van der Waals surface area contributed by atoms with Gasteiger partial charge in [0.05, 0.1) is 5.56 Å². The molecule has 0 saturated carbocycles. The second-order valence-corrected chi connectivity index (χ2v) is 4.38. The summed E-state index contributed by atoms with van der Waals surface area (Å²) in [5, 5.41) is 15.7. The molecule has 2 N–H and O–H groups in total. The first kappa shape index (κ1) is 12.6. The molecule has 7 heteroatoms. The number of hydrogen-bond donors (Lipinski definition) is 2. The molecule has 1 aromatic heterocycles. The number of aromatic nitrogens is 2. The summed E-state index contributed by atoms with van der Waals surface area (Å²) < 4.78 is 5.32. The molecule has 2 rings (SSSR count). The number of rotatable bonds is 5. The van der Waals surface area contributed by atoms with Crippen LogP contribution in [0.15, 0.2) is 33.6 Å². The molecule has 0 fully saturated rings. The Morgan fingerprint density at radius 1 is 1.50 bits per heavy atom. The Bertz CT molecular complexity index is 542. The van der Waals surface area contributed by atoms with Crippen LogP contribution in [0.5, 0.6) is 0 Å². The Balaban J connectivity index is 1.95. The number of aromatic carboxylic acids is 1. The zero-order chi connectivity index (χ0) is 13.0. The molecular formula is C11H10BrN3O3. The fraction of sp³-hybridized carbons (Fsp3) is 0.182. The van der Waals surface area contributed by atoms with E-state index in [9.17, 15) is 4.79 Å². The lowest BCUT2D eigenvalue weighted by Crippen LogP contribution is -2.07. The van der Waals surface area contributed by atoms with Crippen molar-refractivity contribution in [2.75, 3.05) is 11.9 Å². The third-order valence-corrected chi connectivity index (χ3v) is 2.94. The van der Waals surface area contributed by atoms with Crippen LogP contribution < -0.4 is 5.32 Å². The lowest BCUT2D eigenvalue weighted by molar-refractivity contribution is 0.0697. The molecular weight excluding hydrogens is 302 g/mol. The van der Waals surface area contributed by atoms with E-state index < -0.39 is 5.97 Å². The van der Waals surface area contributed by atoms with Gasteiger partial charge in [-0.15, -0.1) is 0 Å². The van der Waals surface area contributed by atoms with E-state index in [1.807, 2.05) is 0 Å². The second-order valence-electron chi connectivity index (χ2n) is 3.52. The average molecular weight is 312 g/mol. The quantitative estimate of drug-likeness (QED) is 0.880. The second kappa shape index (κ2) is 5.63. The Hall–Kier alpha value is -1.89. The number of carboxylic acid groups (broad SMARTS) is 1. The van der Waals surface area contributed by atoms with E-state index in [4.69, 9.17) is 5.11 Å². The molecule has 0 aliphatic rings. The van der Waals surface area contributed by atoms with Crippen molar-refractivity contribution in [1.82, 2.24) is 10.1 Å². The van der Waals surface area contributed by atoms with Crippen molar-refractivity contribution >= 4 is 27.6 Å². The van der Waals surface area contributed by atoms with Crippen molar-refractivity contribution in [3.8, 4) is 0 Å². The maximum absolute atomic E-state index is 10.8. The SMILES string of the molecule is O=C(O)c1ccc(NCCc2ncon2)c(Br)c1. The number of halogens is 1. The van der Waals surface area contributed by atoms with Crippen molar-refractivity contribution in [1.29, 1.82) is 0 Å². The molecule has 1 aromatic carbocycles. The minimum Gasteiger partial charge on any atom is -0.478 e. The predicted molar refractivity (Wildman–Crippen MR) is 67.6 cm³/mol. The van der Waals surface area contributed by atoms with Gasteiger partial charge in [0.1, 0.15) is 0 Å². The lowest BCUT2D eigenvalue weighted by Gasteiger charge is -2.07. The molecule has 94 valence electrons. The van der Waals surface area contributed by atoms with Gasteiger partial charge in [-0.05, 0) is 34.1 Å². The van der Waals surface area contributed by atoms with Gasteiger partial charge in [0, 0.05) is 23.1 Å². The standard InChI is InChI=1S/C11H10BrN3O3/c12-8-5-7(11(16)17)1-2-9(8)13-4-3-10-14-6-18-15-10/h1-2,5-6,13H,3-4H2,(H,16,17). The number of carboxylic acids is 1. The van der Waals surface area contributed by atoms with Crippen LogP contribution in [0.3, 0.4) is 0 Å². The van der Waals surface area contributed by atoms with Gasteiger partial charge in [0.2, 0.25) is 6.39 Å². The fourth-order valence-electron chi connectivity index (χ4n) is 1.40. The van der Waals surface area contributed by atoms with E-state index in [2.05, 4.69) is 35.9 Å². The molecule has 0 spiro atoms. The summed E-state index contributed by atoms with van der Waals surface area (Å²) in [4.78, 5) is 14.7. The highest BCUT2D eigenvalue weighted by atomic mass is 79.9. The fourth-order valence-corrected chi connectivity index (χ4v) is 1.92. The molecule has 0 unspecified atom stereocenters. The van der Waals surface area contributed by atoms with Crippen molar-refractivity contribution in [3.63, 3.8) is 0 Å². The maximum atomic E-state index is 10.8. The van der Waals surface area contributed by atoms with Crippen molar-refractivity contribution in [2.24, 2.45) is 0 Å². The summed E-state index contributed by atoms with van der Waals surface area (Å²) in [5.74, 6) is -0.324. The van der Waals surface area contributed by atoms with Crippen LogP contribution >= 0.6 is 15.9 Å². The Labute approximate surface area is 111 Å². The summed E-state index contributed by atoms with van der Waals surface area (Å²) in [5.41, 5.74) is 1.06. The van der Waals surface area contributed by atoms with Gasteiger partial charge in [-0.2, -0.15) is 4.98 Å². The molecule has 6 nitrogen and oxygen atoms in total. The number of nitrogens with zero attached hydrogens (tertiary/aromatic N) is 2. The third kappa shape index (κ3) is 3.07. The Kier molecular flexibility index (Phi) is 3.93. The maximum Gasteiger partial charge on any atom is 0.335 e. The third-order valence-electron chi connectivity index (χ3n) is 2.29. The minimum absolute atomic E-state index is 0.241. The minimum atomic E-state index is -0.950. The zero-order valence-corrected chi connectivity index (χ0v) is 10.8. The number of benzene rings is 1. The highest BCUT2D eigenvalue weighted by Gasteiger charge is 2.06. The van der Waals surface area contributed by atoms with E-state index in [1.165, 1.54) is 6.39 Å². The molecule has 18 heavy (non-hydrogen) atoms. The molecule has 0 bridgehead atoms. The van der Waals surface area contributed by atoms with Gasteiger partial charge in [-0.1, -0.05) is 5.16 Å². The van der Waals surface area contributed by atoms with Gasteiger partial charge < -0.3 is 14.9 Å². The highest BCUT2D eigenvalue weighted by Crippen LogP contribution is 2.23. The highest BCUT2D eigenvalue weighted by molar-refractivity contribution is 9.10. The van der Waals surface area contributed by atoms with E-state index >= 15 is 0 Å². The summed E-state index contributed by atoms with van der Waals surface area (Å²) in [7, 11) is 0. The molecule has 0 radical (unpaired) electrons. The number of hydrogen-bond acceptors (Lipinski definition) is 5. The van der Waals surface area contributed by atoms with Crippen LogP contribution in [0, 0.1) is 0 Å². The van der Waals surface area contributed by atoms with E-state index in [-0.39, 0.29) is 5.56 Å². The van der Waals surface area contributed by atoms with Gasteiger partial charge in [0.15, 0.2) is 5.82 Å². The van der Waals surface area contributed by atoms with Gasteiger partial charge in [0.25, 0.3) is 0 Å². The molecule has 0 aliphatic carbocycles. The van der Waals surface area contributed by atoms with Crippen molar-refractivity contribution < 1.29 is 14.4 Å². The van der Waals surface area contributed by atoms with Crippen LogP contribution in [0.1, 0.15) is 16.2 Å². The van der Waals surface area contributed by atoms with Crippen LogP contribution in [0.2, 0.25) is 0 Å². The van der Waals surface area contributed by atoms with Crippen LogP contribution in [0.4, 0.5) is 5.69 Å². The Morgan fingerprint density at radius 2 is 2.33 bits per heavy atom. The smallest absolute Gasteiger partial charge is 0.335 e. The van der Waals surface area contributed by atoms with Crippen LogP contribution in [-0.4, -0.2) is 27.8 Å². The lowest BCUT2D eigenvalue weighted by atomic mass is 10.2. The van der Waals surface area contributed by atoms with Gasteiger partial charge >= 0.3 is 5.97 Å². The number of nitrogens with one attached hydrogen (secondary N) is 1. The number of carbonyl (C=O) groups is 1. The first-order chi connectivity index (χ1) is 8.66. The Morgan fingerprint density at radius 3 is 2.94 bits per heavy atom. The largest absolute Gasteiger partial charge is 0.478 e. The van der Waals surface area contributed by atoms with E-state index in [1.54, 1.807) is 18.2 Å². The summed E-state index contributed by atoms with van der Waals surface area (Å²) in [6, 6.07) is 4.81. The molecule has 0 amide bonds. The molecule has 0 aliphatic heterocycles. The van der Waals surface area contributed by atoms with Gasteiger partial charge in [-0.25, -0.2) is 4.79 Å². The van der Waals surface area contributed by atoms with Gasteiger partial charge in [-0.3, -0.25) is 0 Å². The summed E-state index contributed by atoms with van der Waals surface area (Å²) >= 11 is 3.32. The first-order valence-electron chi connectivity index (χ1n) is 5.19. The summed E-state index contributed by atoms with van der Waals surface area (Å²) in [6.45, 7) is 0.630. The normalized spacial score (nSPS) is 10.3. The van der Waals surface area contributed by atoms with Crippen molar-refractivity contribution in [3.05, 3.63) is 40.5 Å². The zero-order valence-electron chi connectivity index (χ0n) is 9.26.